The molecule has 0 saturated carbocycles. The summed E-state index contributed by atoms with van der Waals surface area (Å²) in [5, 5.41) is 4.40. The van der Waals surface area contributed by atoms with Crippen LogP contribution in [0.25, 0.3) is 10.2 Å². The Kier molecular flexibility index (Phi) is 3.58. The lowest BCUT2D eigenvalue weighted by molar-refractivity contribution is 0.807. The molecule has 0 radical (unpaired) electrons. The molecule has 2 nitrogen and oxygen atoms in total. The molecule has 0 atom stereocenters. The zero-order valence-electron chi connectivity index (χ0n) is 10.9. The second-order valence-corrected chi connectivity index (χ2v) is 5.67. The van der Waals surface area contributed by atoms with Crippen LogP contribution in [0.1, 0.15) is 16.1 Å². The van der Waals surface area contributed by atoms with Crippen LogP contribution in [0, 0.1) is 0 Å². The number of aromatic nitrogens is 1. The lowest BCUT2D eigenvalue weighted by Crippen LogP contribution is -2.07. The van der Waals surface area contributed by atoms with E-state index in [4.69, 9.17) is 4.98 Å². The number of hydrogen-bond acceptors (Lipinski definition) is 3. The molecule has 1 heterocycles. The van der Waals surface area contributed by atoms with Crippen LogP contribution in [0.4, 0.5) is 0 Å². The molecule has 0 saturated heterocycles. The summed E-state index contributed by atoms with van der Waals surface area (Å²) in [6, 6.07) is 16.9. The number of benzene rings is 2. The molecule has 0 aliphatic heterocycles. The van der Waals surface area contributed by atoms with Gasteiger partial charge in [0.2, 0.25) is 0 Å². The first-order valence-corrected chi connectivity index (χ1v) is 7.24. The second kappa shape index (κ2) is 5.51. The molecular weight excluding hydrogens is 252 g/mol. The molecule has 3 aromatic rings. The van der Waals surface area contributed by atoms with Crippen molar-refractivity contribution in [2.45, 2.75) is 13.0 Å². The normalized spacial score (nSPS) is 11.0. The van der Waals surface area contributed by atoms with Gasteiger partial charge < -0.3 is 5.32 Å². The summed E-state index contributed by atoms with van der Waals surface area (Å²) in [4.78, 5) is 4.71. The van der Waals surface area contributed by atoms with E-state index in [1.807, 2.05) is 13.1 Å². The van der Waals surface area contributed by atoms with Gasteiger partial charge in [-0.3, -0.25) is 0 Å². The predicted molar refractivity (Wildman–Crippen MR) is 81.6 cm³/mol. The number of nitrogens with one attached hydrogen (secondary N) is 1. The first-order valence-electron chi connectivity index (χ1n) is 6.42. The average molecular weight is 268 g/mol. The van der Waals surface area contributed by atoms with Crippen molar-refractivity contribution in [1.29, 1.82) is 0 Å². The minimum atomic E-state index is 0.904. The standard InChI is InChI=1S/C16H16N2S/c1-17-11-13-7-3-2-6-12(13)10-16-18-14-8-4-5-9-15(14)19-16/h2-9,17H,10-11H2,1H3. The fourth-order valence-electron chi connectivity index (χ4n) is 2.25. The SMILES string of the molecule is CNCc1ccccc1Cc1nc2ccccc2s1. The van der Waals surface area contributed by atoms with E-state index in [0.29, 0.717) is 0 Å². The molecular formula is C16H16N2S. The van der Waals surface area contributed by atoms with Crippen molar-refractivity contribution < 1.29 is 0 Å². The quantitative estimate of drug-likeness (QED) is 0.782. The zero-order valence-corrected chi connectivity index (χ0v) is 11.7. The van der Waals surface area contributed by atoms with Crippen LogP contribution in [0.5, 0.6) is 0 Å². The van der Waals surface area contributed by atoms with Crippen LogP contribution in [-0.4, -0.2) is 12.0 Å². The van der Waals surface area contributed by atoms with Crippen LogP contribution >= 0.6 is 11.3 Å². The second-order valence-electron chi connectivity index (χ2n) is 4.55. The molecule has 96 valence electrons. The van der Waals surface area contributed by atoms with E-state index < -0.39 is 0 Å². The Morgan fingerprint density at radius 3 is 2.53 bits per heavy atom. The molecule has 2 aromatic carbocycles. The van der Waals surface area contributed by atoms with Gasteiger partial charge in [0.25, 0.3) is 0 Å². The highest BCUT2D eigenvalue weighted by Crippen LogP contribution is 2.24. The third-order valence-electron chi connectivity index (χ3n) is 3.17. The molecule has 0 aliphatic carbocycles. The van der Waals surface area contributed by atoms with Crippen LogP contribution in [0.15, 0.2) is 48.5 Å². The van der Waals surface area contributed by atoms with Gasteiger partial charge >= 0.3 is 0 Å². The highest BCUT2D eigenvalue weighted by Gasteiger charge is 2.07. The Hall–Kier alpha value is -1.71. The number of para-hydroxylation sites is 1. The average Bonchev–Trinajstić information content (AvgIpc) is 2.83. The molecule has 0 amide bonds. The monoisotopic (exact) mass is 268 g/mol. The molecule has 0 aliphatic rings. The van der Waals surface area contributed by atoms with E-state index >= 15 is 0 Å². The van der Waals surface area contributed by atoms with Crippen LogP contribution < -0.4 is 5.32 Å². The Labute approximate surface area is 117 Å². The summed E-state index contributed by atoms with van der Waals surface area (Å²) in [5.41, 5.74) is 3.81. The van der Waals surface area contributed by atoms with E-state index in [-0.39, 0.29) is 0 Å². The summed E-state index contributed by atoms with van der Waals surface area (Å²) in [5.74, 6) is 0. The van der Waals surface area contributed by atoms with Crippen molar-refractivity contribution >= 4 is 21.6 Å². The van der Waals surface area contributed by atoms with Crippen molar-refractivity contribution in [3.8, 4) is 0 Å². The number of rotatable bonds is 4. The summed E-state index contributed by atoms with van der Waals surface area (Å²) < 4.78 is 1.27. The zero-order chi connectivity index (χ0) is 13.1. The van der Waals surface area contributed by atoms with E-state index in [1.165, 1.54) is 20.8 Å². The highest BCUT2D eigenvalue weighted by molar-refractivity contribution is 7.18. The maximum absolute atomic E-state index is 4.71. The lowest BCUT2D eigenvalue weighted by Gasteiger charge is -2.07. The van der Waals surface area contributed by atoms with Gasteiger partial charge in [0.1, 0.15) is 0 Å². The Balaban J connectivity index is 1.92. The minimum Gasteiger partial charge on any atom is -0.316 e. The number of hydrogen-bond donors (Lipinski definition) is 1. The maximum atomic E-state index is 4.71. The number of nitrogens with zero attached hydrogens (tertiary/aromatic N) is 1. The van der Waals surface area contributed by atoms with E-state index in [2.05, 4.69) is 47.8 Å². The fourth-order valence-corrected chi connectivity index (χ4v) is 3.24. The lowest BCUT2D eigenvalue weighted by atomic mass is 10.1. The molecule has 3 heteroatoms. The van der Waals surface area contributed by atoms with Crippen LogP contribution in [0.3, 0.4) is 0 Å². The van der Waals surface area contributed by atoms with Gasteiger partial charge in [-0.1, -0.05) is 36.4 Å². The maximum Gasteiger partial charge on any atom is 0.0982 e. The van der Waals surface area contributed by atoms with Crippen molar-refractivity contribution in [3.63, 3.8) is 0 Å². The van der Waals surface area contributed by atoms with Gasteiger partial charge in [-0.05, 0) is 30.3 Å². The number of fused-ring (bicyclic) bond motifs is 1. The first-order chi connectivity index (χ1) is 9.36. The van der Waals surface area contributed by atoms with Gasteiger partial charge in [-0.25, -0.2) is 4.98 Å². The van der Waals surface area contributed by atoms with Crippen molar-refractivity contribution in [1.82, 2.24) is 10.3 Å². The van der Waals surface area contributed by atoms with Gasteiger partial charge in [0.05, 0.1) is 15.2 Å². The van der Waals surface area contributed by atoms with Gasteiger partial charge in [0.15, 0.2) is 0 Å². The summed E-state index contributed by atoms with van der Waals surface area (Å²) >= 11 is 1.79. The van der Waals surface area contributed by atoms with E-state index in [1.54, 1.807) is 11.3 Å². The fraction of sp³-hybridized carbons (Fsp3) is 0.188. The van der Waals surface area contributed by atoms with Gasteiger partial charge in [-0.2, -0.15) is 0 Å². The predicted octanol–water partition coefficient (Wildman–Crippen LogP) is 3.61. The molecule has 0 unspecified atom stereocenters. The third-order valence-corrected chi connectivity index (χ3v) is 4.20. The van der Waals surface area contributed by atoms with Crippen molar-refractivity contribution in [2.24, 2.45) is 0 Å². The molecule has 19 heavy (non-hydrogen) atoms. The third kappa shape index (κ3) is 2.67. The van der Waals surface area contributed by atoms with E-state index in [9.17, 15) is 0 Å². The van der Waals surface area contributed by atoms with Crippen LogP contribution in [0.2, 0.25) is 0 Å². The Bertz CT molecular complexity index is 655. The van der Waals surface area contributed by atoms with Crippen molar-refractivity contribution in [2.75, 3.05) is 7.05 Å². The molecule has 0 bridgehead atoms. The Morgan fingerprint density at radius 1 is 1.00 bits per heavy atom. The van der Waals surface area contributed by atoms with E-state index in [0.717, 1.165) is 18.5 Å². The minimum absolute atomic E-state index is 0.904. The first kappa shape index (κ1) is 12.3. The molecule has 1 aromatic heterocycles. The van der Waals surface area contributed by atoms with Gasteiger partial charge in [-0.15, -0.1) is 11.3 Å². The summed E-state index contributed by atoms with van der Waals surface area (Å²) in [6.07, 6.45) is 0.914. The Morgan fingerprint density at radius 2 is 1.74 bits per heavy atom. The van der Waals surface area contributed by atoms with Crippen molar-refractivity contribution in [3.05, 3.63) is 64.7 Å². The molecule has 0 fully saturated rings. The smallest absolute Gasteiger partial charge is 0.0982 e. The largest absolute Gasteiger partial charge is 0.316 e. The summed E-state index contributed by atoms with van der Waals surface area (Å²) in [7, 11) is 1.98. The molecule has 0 spiro atoms. The summed E-state index contributed by atoms with van der Waals surface area (Å²) in [6.45, 7) is 0.904. The molecule has 3 rings (SSSR count). The van der Waals surface area contributed by atoms with Crippen LogP contribution in [-0.2, 0) is 13.0 Å². The van der Waals surface area contributed by atoms with Gasteiger partial charge in [0, 0.05) is 13.0 Å². The molecule has 1 N–H and O–H groups in total. The topological polar surface area (TPSA) is 24.9 Å². The highest BCUT2D eigenvalue weighted by atomic mass is 32.1. The number of thiazole rings is 1.